The van der Waals surface area contributed by atoms with E-state index in [1.54, 1.807) is 50.0 Å². The SMILES string of the molecule is COC1=CC=C(NNC(C)=NN=c2ccc(OC)nn2C)N(C)N1. The largest absolute Gasteiger partial charge is 0.481 e. The van der Waals surface area contributed by atoms with E-state index in [0.717, 1.165) is 5.82 Å². The lowest BCUT2D eigenvalue weighted by atomic mass is 10.4. The number of hydrogen-bond donors (Lipinski definition) is 3. The number of nitrogens with zero attached hydrogens (tertiary/aromatic N) is 5. The van der Waals surface area contributed by atoms with Crippen LogP contribution in [0.15, 0.2) is 46.2 Å². The molecule has 0 bridgehead atoms. The molecular weight excluding hydrogens is 312 g/mol. The van der Waals surface area contributed by atoms with Crippen molar-refractivity contribution in [1.29, 1.82) is 0 Å². The van der Waals surface area contributed by atoms with Gasteiger partial charge in [-0.25, -0.2) is 4.68 Å². The van der Waals surface area contributed by atoms with Gasteiger partial charge in [-0.05, 0) is 19.1 Å². The molecule has 1 aromatic rings. The summed E-state index contributed by atoms with van der Waals surface area (Å²) < 4.78 is 11.7. The van der Waals surface area contributed by atoms with Gasteiger partial charge in [0, 0.05) is 26.2 Å². The number of ether oxygens (including phenoxy) is 2. The summed E-state index contributed by atoms with van der Waals surface area (Å²) in [5, 5.41) is 14.2. The average molecular weight is 334 g/mol. The van der Waals surface area contributed by atoms with Gasteiger partial charge in [-0.15, -0.1) is 15.3 Å². The van der Waals surface area contributed by atoms with E-state index < -0.39 is 0 Å². The van der Waals surface area contributed by atoms with Crippen LogP contribution in [0, 0.1) is 0 Å². The van der Waals surface area contributed by atoms with E-state index in [4.69, 9.17) is 9.47 Å². The van der Waals surface area contributed by atoms with E-state index in [2.05, 4.69) is 31.6 Å². The molecule has 0 amide bonds. The first-order valence-electron chi connectivity index (χ1n) is 7.18. The van der Waals surface area contributed by atoms with Gasteiger partial charge in [-0.1, -0.05) is 0 Å². The quantitative estimate of drug-likeness (QED) is 0.380. The molecule has 1 aliphatic heterocycles. The first-order valence-corrected chi connectivity index (χ1v) is 7.18. The molecule has 3 N–H and O–H groups in total. The maximum atomic E-state index is 5.11. The number of allylic oxidation sites excluding steroid dienone is 2. The van der Waals surface area contributed by atoms with E-state index in [-0.39, 0.29) is 0 Å². The number of aromatic nitrogens is 2. The summed E-state index contributed by atoms with van der Waals surface area (Å²) in [6.45, 7) is 1.79. The molecule has 1 aliphatic rings. The Balaban J connectivity index is 2.01. The van der Waals surface area contributed by atoms with Crippen molar-refractivity contribution in [2.24, 2.45) is 17.3 Å². The third kappa shape index (κ3) is 4.41. The lowest BCUT2D eigenvalue weighted by Gasteiger charge is -2.28. The highest BCUT2D eigenvalue weighted by atomic mass is 16.5. The molecule has 1 aromatic heterocycles. The minimum Gasteiger partial charge on any atom is -0.481 e. The van der Waals surface area contributed by atoms with Crippen LogP contribution in [0.25, 0.3) is 0 Å². The number of aryl methyl sites for hydroxylation is 1. The molecule has 10 heteroatoms. The second-order valence-electron chi connectivity index (χ2n) is 4.85. The monoisotopic (exact) mass is 334 g/mol. The minimum absolute atomic E-state index is 0.514. The van der Waals surface area contributed by atoms with E-state index in [0.29, 0.717) is 23.1 Å². The van der Waals surface area contributed by atoms with Crippen LogP contribution in [-0.2, 0) is 11.8 Å². The summed E-state index contributed by atoms with van der Waals surface area (Å²) in [5.74, 6) is 2.55. The van der Waals surface area contributed by atoms with Crippen molar-refractivity contribution in [2.45, 2.75) is 6.92 Å². The zero-order valence-electron chi connectivity index (χ0n) is 14.4. The molecule has 0 fully saturated rings. The van der Waals surface area contributed by atoms with E-state index in [1.807, 2.05) is 19.2 Å². The van der Waals surface area contributed by atoms with Crippen molar-refractivity contribution in [2.75, 3.05) is 21.3 Å². The molecule has 0 unspecified atom stereocenters. The van der Waals surface area contributed by atoms with Crippen LogP contribution in [0.2, 0.25) is 0 Å². The molecule has 0 saturated heterocycles. The van der Waals surface area contributed by atoms with Crippen LogP contribution in [0.5, 0.6) is 5.88 Å². The fourth-order valence-corrected chi connectivity index (χ4v) is 1.77. The predicted molar refractivity (Wildman–Crippen MR) is 88.8 cm³/mol. The van der Waals surface area contributed by atoms with Crippen molar-refractivity contribution in [3.05, 3.63) is 41.5 Å². The number of rotatable bonds is 5. The van der Waals surface area contributed by atoms with E-state index in [9.17, 15) is 0 Å². The number of hydrogen-bond acceptors (Lipinski definition) is 8. The Labute approximate surface area is 140 Å². The molecular formula is C14H22N8O2. The summed E-state index contributed by atoms with van der Waals surface area (Å²) in [6, 6.07) is 3.50. The van der Waals surface area contributed by atoms with Crippen LogP contribution in [0.1, 0.15) is 6.92 Å². The normalized spacial score (nSPS) is 15.3. The molecule has 0 radical (unpaired) electrons. The van der Waals surface area contributed by atoms with E-state index >= 15 is 0 Å². The van der Waals surface area contributed by atoms with Gasteiger partial charge in [0.15, 0.2) is 5.49 Å². The molecule has 2 rings (SSSR count). The van der Waals surface area contributed by atoms with Crippen LogP contribution in [-0.4, -0.2) is 41.9 Å². The summed E-state index contributed by atoms with van der Waals surface area (Å²) >= 11 is 0. The van der Waals surface area contributed by atoms with Crippen LogP contribution in [0.4, 0.5) is 0 Å². The van der Waals surface area contributed by atoms with Crippen LogP contribution in [0.3, 0.4) is 0 Å². The summed E-state index contributed by atoms with van der Waals surface area (Å²) in [4.78, 5) is 0. The molecule has 130 valence electrons. The standard InChI is InChI=1S/C14H22N8O2/c1-10(15-17-11-6-8-13(23-4)19-21(11)2)16-18-12-7-9-14(24-5)20-22(12)3/h6-9,17,19H,1-5H3,(H,15,16). The zero-order valence-corrected chi connectivity index (χ0v) is 14.4. The van der Waals surface area contributed by atoms with Gasteiger partial charge in [0.2, 0.25) is 11.8 Å². The highest BCUT2D eigenvalue weighted by Crippen LogP contribution is 2.04. The second-order valence-corrected chi connectivity index (χ2v) is 4.85. The Morgan fingerprint density at radius 3 is 2.62 bits per heavy atom. The minimum atomic E-state index is 0.514. The molecule has 0 saturated carbocycles. The molecule has 0 aromatic carbocycles. The van der Waals surface area contributed by atoms with Crippen molar-refractivity contribution < 1.29 is 9.47 Å². The van der Waals surface area contributed by atoms with Crippen LogP contribution >= 0.6 is 0 Å². The second kappa shape index (κ2) is 7.90. The Morgan fingerprint density at radius 1 is 1.21 bits per heavy atom. The highest BCUT2D eigenvalue weighted by Gasteiger charge is 2.10. The first-order chi connectivity index (χ1) is 11.5. The van der Waals surface area contributed by atoms with Gasteiger partial charge in [0.1, 0.15) is 11.7 Å². The van der Waals surface area contributed by atoms with Gasteiger partial charge < -0.3 is 9.47 Å². The van der Waals surface area contributed by atoms with Gasteiger partial charge in [0.25, 0.3) is 0 Å². The van der Waals surface area contributed by atoms with Gasteiger partial charge in [0.05, 0.1) is 14.2 Å². The highest BCUT2D eigenvalue weighted by molar-refractivity contribution is 5.78. The molecule has 0 atom stereocenters. The number of methoxy groups -OCH3 is 2. The van der Waals surface area contributed by atoms with Crippen molar-refractivity contribution in [3.63, 3.8) is 0 Å². The molecule has 0 spiro atoms. The predicted octanol–water partition coefficient (Wildman–Crippen LogP) is -0.464. The third-order valence-electron chi connectivity index (χ3n) is 3.09. The number of hydrazine groups is 2. The Bertz CT molecular complexity index is 735. The molecule has 24 heavy (non-hydrogen) atoms. The number of nitrogens with one attached hydrogen (secondary N) is 3. The summed E-state index contributed by atoms with van der Waals surface area (Å²) in [5.41, 5.74) is 9.61. The average Bonchev–Trinajstić information content (AvgIpc) is 2.59. The van der Waals surface area contributed by atoms with Crippen molar-refractivity contribution in [3.8, 4) is 5.88 Å². The van der Waals surface area contributed by atoms with Crippen molar-refractivity contribution >= 4 is 5.84 Å². The zero-order chi connectivity index (χ0) is 17.5. The first kappa shape index (κ1) is 17.2. The van der Waals surface area contributed by atoms with Crippen molar-refractivity contribution in [1.82, 2.24) is 31.1 Å². The molecule has 10 nitrogen and oxygen atoms in total. The summed E-state index contributed by atoms with van der Waals surface area (Å²) in [6.07, 6.45) is 3.67. The fourth-order valence-electron chi connectivity index (χ4n) is 1.77. The third-order valence-corrected chi connectivity index (χ3v) is 3.09. The Kier molecular flexibility index (Phi) is 5.66. The maximum Gasteiger partial charge on any atom is 0.231 e. The Hall–Kier alpha value is -3.17. The maximum absolute atomic E-state index is 5.11. The van der Waals surface area contributed by atoms with Gasteiger partial charge in [-0.2, -0.15) is 0 Å². The molecule has 0 aliphatic carbocycles. The topological polar surface area (TPSA) is 100 Å². The lowest BCUT2D eigenvalue weighted by molar-refractivity contribution is 0.179. The lowest BCUT2D eigenvalue weighted by Crippen LogP contribution is -2.46. The number of amidine groups is 1. The van der Waals surface area contributed by atoms with Gasteiger partial charge in [-0.3, -0.25) is 21.3 Å². The smallest absolute Gasteiger partial charge is 0.231 e. The van der Waals surface area contributed by atoms with Crippen LogP contribution < -0.4 is 26.5 Å². The van der Waals surface area contributed by atoms with Gasteiger partial charge >= 0.3 is 0 Å². The summed E-state index contributed by atoms with van der Waals surface area (Å²) in [7, 11) is 6.79. The van der Waals surface area contributed by atoms with E-state index in [1.165, 1.54) is 0 Å². The fraction of sp³-hybridized carbons (Fsp3) is 0.357. The Morgan fingerprint density at radius 2 is 2.00 bits per heavy atom. The molecule has 2 heterocycles.